The van der Waals surface area contributed by atoms with E-state index in [2.05, 4.69) is 39.2 Å². The van der Waals surface area contributed by atoms with Gasteiger partial charge in [0.15, 0.2) is 0 Å². The van der Waals surface area contributed by atoms with E-state index < -0.39 is 0 Å². The fraction of sp³-hybridized carbons (Fsp3) is 0.500. The van der Waals surface area contributed by atoms with Crippen LogP contribution < -0.4 is 11.3 Å². The lowest BCUT2D eigenvalue weighted by Crippen LogP contribution is -2.44. The molecule has 0 saturated heterocycles. The van der Waals surface area contributed by atoms with Gasteiger partial charge in [-0.15, -0.1) is 0 Å². The van der Waals surface area contributed by atoms with Gasteiger partial charge in [-0.05, 0) is 30.5 Å². The molecule has 2 atom stereocenters. The molecule has 0 radical (unpaired) electrons. The van der Waals surface area contributed by atoms with Crippen LogP contribution in [0.2, 0.25) is 0 Å². The molecule has 2 unspecified atom stereocenters. The van der Waals surface area contributed by atoms with Gasteiger partial charge in [0.2, 0.25) is 0 Å². The molecule has 1 heterocycles. The predicted octanol–water partition coefficient (Wildman–Crippen LogP) is 3.31. The van der Waals surface area contributed by atoms with Gasteiger partial charge >= 0.3 is 0 Å². The van der Waals surface area contributed by atoms with Crippen LogP contribution in [0.15, 0.2) is 28.7 Å². The lowest BCUT2D eigenvalue weighted by molar-refractivity contribution is -0.0167. The highest BCUT2D eigenvalue weighted by atomic mass is 16.5. The van der Waals surface area contributed by atoms with E-state index in [9.17, 15) is 0 Å². The van der Waals surface area contributed by atoms with Crippen LogP contribution in [0, 0.1) is 12.3 Å². The van der Waals surface area contributed by atoms with Gasteiger partial charge in [-0.2, -0.15) is 0 Å². The summed E-state index contributed by atoms with van der Waals surface area (Å²) >= 11 is 0. The van der Waals surface area contributed by atoms with E-state index in [0.29, 0.717) is 0 Å². The minimum Gasteiger partial charge on any atom is -0.459 e. The first-order chi connectivity index (χ1) is 9.36. The van der Waals surface area contributed by atoms with E-state index in [1.54, 1.807) is 7.11 Å². The molecule has 110 valence electrons. The summed E-state index contributed by atoms with van der Waals surface area (Å²) in [5, 5.41) is 1.09. The number of rotatable bonds is 4. The van der Waals surface area contributed by atoms with Gasteiger partial charge in [-0.25, -0.2) is 5.43 Å². The average molecular weight is 276 g/mol. The minimum absolute atomic E-state index is 0.0549. The summed E-state index contributed by atoms with van der Waals surface area (Å²) < 4.78 is 11.6. The first-order valence-electron chi connectivity index (χ1n) is 6.86. The second-order valence-corrected chi connectivity index (χ2v) is 6.36. The van der Waals surface area contributed by atoms with Crippen LogP contribution in [-0.4, -0.2) is 13.2 Å². The first kappa shape index (κ1) is 15.0. The number of hydrogen-bond donors (Lipinski definition) is 2. The molecular weight excluding hydrogens is 252 g/mol. The van der Waals surface area contributed by atoms with Crippen molar-refractivity contribution in [3.05, 3.63) is 35.6 Å². The zero-order valence-corrected chi connectivity index (χ0v) is 12.9. The van der Waals surface area contributed by atoms with Crippen LogP contribution in [0.25, 0.3) is 11.0 Å². The SMILES string of the molecule is COC(C(NN)c1cc2cc(C)ccc2o1)C(C)(C)C. The summed E-state index contributed by atoms with van der Waals surface area (Å²) in [7, 11) is 1.70. The summed E-state index contributed by atoms with van der Waals surface area (Å²) in [6.45, 7) is 8.44. The Kier molecular flexibility index (Phi) is 4.18. The van der Waals surface area contributed by atoms with E-state index in [1.807, 2.05) is 18.2 Å². The zero-order chi connectivity index (χ0) is 14.9. The van der Waals surface area contributed by atoms with Crippen molar-refractivity contribution in [3.63, 3.8) is 0 Å². The first-order valence-corrected chi connectivity index (χ1v) is 6.86. The van der Waals surface area contributed by atoms with Crippen LogP contribution in [0.1, 0.15) is 38.1 Å². The Bertz CT molecular complexity index is 584. The molecule has 0 saturated carbocycles. The van der Waals surface area contributed by atoms with E-state index in [4.69, 9.17) is 15.0 Å². The van der Waals surface area contributed by atoms with Crippen LogP contribution in [-0.2, 0) is 4.74 Å². The molecule has 0 spiro atoms. The normalized spacial score (nSPS) is 15.5. The Morgan fingerprint density at radius 3 is 2.50 bits per heavy atom. The molecule has 0 aliphatic carbocycles. The van der Waals surface area contributed by atoms with Gasteiger partial charge in [-0.3, -0.25) is 5.84 Å². The predicted molar refractivity (Wildman–Crippen MR) is 81.3 cm³/mol. The number of nitrogens with two attached hydrogens (primary N) is 1. The average Bonchev–Trinajstić information content (AvgIpc) is 2.76. The Hall–Kier alpha value is -1.36. The third kappa shape index (κ3) is 2.87. The van der Waals surface area contributed by atoms with Crippen LogP contribution in [0.4, 0.5) is 0 Å². The van der Waals surface area contributed by atoms with Crippen molar-refractivity contribution in [1.29, 1.82) is 0 Å². The smallest absolute Gasteiger partial charge is 0.134 e. The summed E-state index contributed by atoms with van der Waals surface area (Å²) in [6.07, 6.45) is -0.0887. The maximum absolute atomic E-state index is 5.93. The highest BCUT2D eigenvalue weighted by Gasteiger charge is 2.34. The number of nitrogens with one attached hydrogen (secondary N) is 1. The van der Waals surface area contributed by atoms with Crippen molar-refractivity contribution in [3.8, 4) is 0 Å². The Morgan fingerprint density at radius 1 is 1.25 bits per heavy atom. The van der Waals surface area contributed by atoms with Crippen molar-refractivity contribution in [2.75, 3.05) is 7.11 Å². The van der Waals surface area contributed by atoms with Crippen molar-refractivity contribution < 1.29 is 9.15 Å². The van der Waals surface area contributed by atoms with Crippen molar-refractivity contribution in [1.82, 2.24) is 5.43 Å². The quantitative estimate of drug-likeness (QED) is 0.664. The van der Waals surface area contributed by atoms with Crippen molar-refractivity contribution >= 4 is 11.0 Å². The summed E-state index contributed by atoms with van der Waals surface area (Å²) in [4.78, 5) is 0. The summed E-state index contributed by atoms with van der Waals surface area (Å²) in [5.74, 6) is 6.54. The van der Waals surface area contributed by atoms with Gasteiger partial charge in [0.25, 0.3) is 0 Å². The fourth-order valence-electron chi connectivity index (χ4n) is 2.64. The van der Waals surface area contributed by atoms with E-state index in [0.717, 1.165) is 16.7 Å². The number of hydrazine groups is 1. The van der Waals surface area contributed by atoms with Crippen LogP contribution in [0.3, 0.4) is 0 Å². The molecule has 1 aromatic carbocycles. The minimum atomic E-state index is -0.187. The molecule has 4 heteroatoms. The zero-order valence-electron chi connectivity index (χ0n) is 12.9. The Balaban J connectivity index is 2.43. The largest absolute Gasteiger partial charge is 0.459 e. The van der Waals surface area contributed by atoms with E-state index >= 15 is 0 Å². The topological polar surface area (TPSA) is 60.4 Å². The van der Waals surface area contributed by atoms with Crippen LogP contribution in [0.5, 0.6) is 0 Å². The molecular formula is C16H24N2O2. The monoisotopic (exact) mass is 276 g/mol. The van der Waals surface area contributed by atoms with Gasteiger partial charge < -0.3 is 9.15 Å². The molecule has 0 aliphatic rings. The van der Waals surface area contributed by atoms with E-state index in [-0.39, 0.29) is 17.6 Å². The summed E-state index contributed by atoms with van der Waals surface area (Å²) in [5.41, 5.74) is 4.86. The highest BCUT2D eigenvalue weighted by Crippen LogP contribution is 2.34. The number of benzene rings is 1. The highest BCUT2D eigenvalue weighted by molar-refractivity contribution is 5.78. The van der Waals surface area contributed by atoms with Gasteiger partial charge in [0.05, 0.1) is 6.10 Å². The lowest BCUT2D eigenvalue weighted by Gasteiger charge is -2.34. The van der Waals surface area contributed by atoms with Gasteiger partial charge in [0.1, 0.15) is 17.4 Å². The van der Waals surface area contributed by atoms with Gasteiger partial charge in [-0.1, -0.05) is 32.4 Å². The summed E-state index contributed by atoms with van der Waals surface area (Å²) in [6, 6.07) is 7.98. The molecule has 4 nitrogen and oxygen atoms in total. The van der Waals surface area contributed by atoms with Crippen LogP contribution >= 0.6 is 0 Å². The number of hydrogen-bond acceptors (Lipinski definition) is 4. The fourth-order valence-corrected chi connectivity index (χ4v) is 2.64. The number of methoxy groups -OCH3 is 1. The molecule has 2 rings (SSSR count). The number of fused-ring (bicyclic) bond motifs is 1. The Labute approximate surface area is 120 Å². The standard InChI is InChI=1S/C16H24N2O2/c1-10-6-7-12-11(8-10)9-13(20-12)14(18-17)15(19-5)16(2,3)4/h6-9,14-15,18H,17H2,1-5H3. The van der Waals surface area contributed by atoms with E-state index in [1.165, 1.54) is 5.56 Å². The van der Waals surface area contributed by atoms with Crippen molar-refractivity contribution in [2.24, 2.45) is 11.3 Å². The molecule has 0 amide bonds. The van der Waals surface area contributed by atoms with Gasteiger partial charge in [0, 0.05) is 12.5 Å². The van der Waals surface area contributed by atoms with Crippen molar-refractivity contribution in [2.45, 2.75) is 39.8 Å². The molecule has 0 fully saturated rings. The third-order valence-corrected chi connectivity index (χ3v) is 3.59. The number of furan rings is 1. The molecule has 3 N–H and O–H groups in total. The maximum atomic E-state index is 5.93. The Morgan fingerprint density at radius 2 is 1.95 bits per heavy atom. The molecule has 2 aromatic rings. The molecule has 1 aromatic heterocycles. The third-order valence-electron chi connectivity index (χ3n) is 3.59. The number of ether oxygens (including phenoxy) is 1. The second kappa shape index (κ2) is 5.56. The second-order valence-electron chi connectivity index (χ2n) is 6.36. The number of aryl methyl sites for hydroxylation is 1. The molecule has 0 bridgehead atoms. The molecule has 20 heavy (non-hydrogen) atoms. The maximum Gasteiger partial charge on any atom is 0.134 e. The molecule has 0 aliphatic heterocycles. The lowest BCUT2D eigenvalue weighted by atomic mass is 9.84.